The summed E-state index contributed by atoms with van der Waals surface area (Å²) in [5.41, 5.74) is 0.631. The molecule has 0 aliphatic carbocycles. The lowest BCUT2D eigenvalue weighted by atomic mass is 10.3. The monoisotopic (exact) mass is 345 g/mol. The zero-order valence-corrected chi connectivity index (χ0v) is 13.7. The first-order chi connectivity index (χ1) is 11.7. The summed E-state index contributed by atoms with van der Waals surface area (Å²) in [5, 5.41) is 8.73. The minimum absolute atomic E-state index is 0.105. The topological polar surface area (TPSA) is 86.4 Å². The number of nitrogens with one attached hydrogen (secondary N) is 1. The largest absolute Gasteiger partial charge is 0.497 e. The molecule has 3 aromatic rings. The molecule has 124 valence electrons. The number of methoxy groups -OCH3 is 1. The Morgan fingerprint density at radius 1 is 1.38 bits per heavy atom. The van der Waals surface area contributed by atoms with Crippen LogP contribution in [0, 0.1) is 0 Å². The summed E-state index contributed by atoms with van der Waals surface area (Å²) in [4.78, 5) is 24.6. The zero-order valence-electron chi connectivity index (χ0n) is 12.9. The van der Waals surface area contributed by atoms with Crippen molar-refractivity contribution in [3.63, 3.8) is 0 Å². The van der Waals surface area contributed by atoms with Gasteiger partial charge >= 0.3 is 5.76 Å². The second-order valence-electron chi connectivity index (χ2n) is 4.90. The first kappa shape index (κ1) is 16.0. The maximum absolute atomic E-state index is 12.0. The van der Waals surface area contributed by atoms with E-state index >= 15 is 0 Å². The lowest BCUT2D eigenvalue weighted by Crippen LogP contribution is -2.20. The molecule has 0 bridgehead atoms. The number of anilines is 1. The Bertz CT molecular complexity index is 883. The van der Waals surface area contributed by atoms with Crippen LogP contribution in [-0.2, 0) is 11.3 Å². The van der Waals surface area contributed by atoms with Gasteiger partial charge in [-0.3, -0.25) is 4.79 Å². The van der Waals surface area contributed by atoms with Gasteiger partial charge in [-0.05, 0) is 23.6 Å². The number of ether oxygens (including phenoxy) is 1. The third kappa shape index (κ3) is 3.72. The van der Waals surface area contributed by atoms with Gasteiger partial charge in [0, 0.05) is 18.2 Å². The fourth-order valence-electron chi connectivity index (χ4n) is 2.08. The van der Waals surface area contributed by atoms with Crippen molar-refractivity contribution in [1.29, 1.82) is 0 Å². The lowest BCUT2D eigenvalue weighted by molar-refractivity contribution is -0.116. The summed E-state index contributed by atoms with van der Waals surface area (Å²) in [6.45, 7) is 0.142. The van der Waals surface area contributed by atoms with Crippen molar-refractivity contribution in [3.8, 4) is 16.5 Å². The van der Waals surface area contributed by atoms with Crippen LogP contribution in [0.2, 0.25) is 0 Å². The Kier molecular flexibility index (Phi) is 4.76. The first-order valence-corrected chi connectivity index (χ1v) is 8.09. The van der Waals surface area contributed by atoms with E-state index in [1.807, 2.05) is 17.5 Å². The van der Waals surface area contributed by atoms with Crippen LogP contribution in [-0.4, -0.2) is 22.8 Å². The third-order valence-corrected chi connectivity index (χ3v) is 4.10. The van der Waals surface area contributed by atoms with Gasteiger partial charge in [0.05, 0.1) is 18.5 Å². The van der Waals surface area contributed by atoms with Gasteiger partial charge in [-0.15, -0.1) is 16.4 Å². The Morgan fingerprint density at radius 2 is 2.25 bits per heavy atom. The van der Waals surface area contributed by atoms with Crippen molar-refractivity contribution in [2.75, 3.05) is 12.4 Å². The Morgan fingerprint density at radius 3 is 3.00 bits per heavy atom. The summed E-state index contributed by atoms with van der Waals surface area (Å²) >= 11 is 1.43. The van der Waals surface area contributed by atoms with Crippen LogP contribution in [0.4, 0.5) is 5.69 Å². The highest BCUT2D eigenvalue weighted by atomic mass is 32.1. The van der Waals surface area contributed by atoms with Crippen molar-refractivity contribution in [1.82, 2.24) is 9.78 Å². The molecule has 0 aliphatic rings. The number of amides is 1. The van der Waals surface area contributed by atoms with Crippen molar-refractivity contribution >= 4 is 22.9 Å². The van der Waals surface area contributed by atoms with Crippen molar-refractivity contribution in [3.05, 3.63) is 52.3 Å². The highest BCUT2D eigenvalue weighted by Gasteiger charge is 2.12. The minimum Gasteiger partial charge on any atom is -0.497 e. The number of hydrogen-bond donors (Lipinski definition) is 1. The number of thiophene rings is 1. The Balaban J connectivity index is 1.61. The molecule has 0 unspecified atom stereocenters. The van der Waals surface area contributed by atoms with Crippen LogP contribution in [0.3, 0.4) is 0 Å². The highest BCUT2D eigenvalue weighted by molar-refractivity contribution is 7.13. The second-order valence-corrected chi connectivity index (χ2v) is 5.85. The molecule has 24 heavy (non-hydrogen) atoms. The van der Waals surface area contributed by atoms with Crippen LogP contribution in [0.15, 0.2) is 51.0 Å². The molecule has 1 amide bonds. The molecule has 8 heteroatoms. The fourth-order valence-corrected chi connectivity index (χ4v) is 2.72. The zero-order chi connectivity index (χ0) is 16.9. The molecule has 3 rings (SSSR count). The Labute approximate surface area is 141 Å². The minimum atomic E-state index is -0.576. The van der Waals surface area contributed by atoms with Gasteiger partial charge in [-0.2, -0.15) is 4.68 Å². The fraction of sp³-hybridized carbons (Fsp3) is 0.188. The standard InChI is InChI=1S/C16H15N3O4S/c1-22-12-5-2-4-11(10-12)17-14(20)7-8-19-16(21)23-15(18-19)13-6-3-9-24-13/h2-6,9-10H,7-8H2,1H3,(H,17,20). The van der Waals surface area contributed by atoms with Crippen LogP contribution in [0.1, 0.15) is 6.42 Å². The smallest absolute Gasteiger partial charge is 0.437 e. The molecule has 0 spiro atoms. The Hall–Kier alpha value is -2.87. The van der Waals surface area contributed by atoms with E-state index in [1.54, 1.807) is 31.4 Å². The van der Waals surface area contributed by atoms with Crippen LogP contribution >= 0.6 is 11.3 Å². The summed E-state index contributed by atoms with van der Waals surface area (Å²) in [7, 11) is 1.56. The molecule has 1 aromatic carbocycles. The molecular weight excluding hydrogens is 330 g/mol. The number of carbonyl (C=O) groups is 1. The van der Waals surface area contributed by atoms with E-state index in [2.05, 4.69) is 10.4 Å². The molecule has 1 N–H and O–H groups in total. The van der Waals surface area contributed by atoms with Gasteiger partial charge in [0.25, 0.3) is 5.89 Å². The number of rotatable bonds is 6. The number of carbonyl (C=O) groups excluding carboxylic acids is 1. The van der Waals surface area contributed by atoms with E-state index in [-0.39, 0.29) is 24.8 Å². The third-order valence-electron chi connectivity index (χ3n) is 3.24. The molecule has 0 radical (unpaired) electrons. The van der Waals surface area contributed by atoms with Gasteiger partial charge in [-0.25, -0.2) is 4.79 Å². The van der Waals surface area contributed by atoms with Crippen LogP contribution in [0.25, 0.3) is 10.8 Å². The molecule has 0 saturated carbocycles. The van der Waals surface area contributed by atoms with E-state index in [1.165, 1.54) is 11.3 Å². The SMILES string of the molecule is COc1cccc(NC(=O)CCn2nc(-c3cccs3)oc2=O)c1. The highest BCUT2D eigenvalue weighted by Crippen LogP contribution is 2.21. The van der Waals surface area contributed by atoms with Gasteiger partial charge in [0.2, 0.25) is 5.91 Å². The lowest BCUT2D eigenvalue weighted by Gasteiger charge is -2.06. The maximum atomic E-state index is 12.0. The number of hydrogen-bond acceptors (Lipinski definition) is 6. The molecule has 0 fully saturated rings. The predicted molar refractivity (Wildman–Crippen MR) is 90.3 cm³/mol. The number of nitrogens with zero attached hydrogens (tertiary/aromatic N) is 2. The molecule has 0 atom stereocenters. The molecule has 2 heterocycles. The van der Waals surface area contributed by atoms with E-state index in [0.29, 0.717) is 11.4 Å². The van der Waals surface area contributed by atoms with Gasteiger partial charge in [0.1, 0.15) is 5.75 Å². The summed E-state index contributed by atoms with van der Waals surface area (Å²) < 4.78 is 11.4. The summed E-state index contributed by atoms with van der Waals surface area (Å²) in [6.07, 6.45) is 0.105. The average molecular weight is 345 g/mol. The van der Waals surface area contributed by atoms with E-state index < -0.39 is 5.76 Å². The molecular formula is C16H15N3O4S. The van der Waals surface area contributed by atoms with Crippen molar-refractivity contribution < 1.29 is 13.9 Å². The maximum Gasteiger partial charge on any atom is 0.437 e. The van der Waals surface area contributed by atoms with Gasteiger partial charge in [-0.1, -0.05) is 12.1 Å². The van der Waals surface area contributed by atoms with Crippen molar-refractivity contribution in [2.24, 2.45) is 0 Å². The number of aromatic nitrogens is 2. The predicted octanol–water partition coefficient (Wildman–Crippen LogP) is 2.60. The van der Waals surface area contributed by atoms with Gasteiger partial charge in [0.15, 0.2) is 0 Å². The quantitative estimate of drug-likeness (QED) is 0.742. The summed E-state index contributed by atoms with van der Waals surface area (Å²) in [6, 6.07) is 10.7. The number of benzene rings is 1. The van der Waals surface area contributed by atoms with E-state index in [0.717, 1.165) is 9.56 Å². The molecule has 0 saturated heterocycles. The second kappa shape index (κ2) is 7.14. The molecule has 7 nitrogen and oxygen atoms in total. The number of aryl methyl sites for hydroxylation is 1. The van der Waals surface area contributed by atoms with E-state index in [4.69, 9.17) is 9.15 Å². The molecule has 2 aromatic heterocycles. The average Bonchev–Trinajstić information content (AvgIpc) is 3.23. The first-order valence-electron chi connectivity index (χ1n) is 7.21. The van der Waals surface area contributed by atoms with Crippen LogP contribution in [0.5, 0.6) is 5.75 Å². The summed E-state index contributed by atoms with van der Waals surface area (Å²) in [5.74, 6) is 0.118. The normalized spacial score (nSPS) is 10.5. The van der Waals surface area contributed by atoms with Crippen molar-refractivity contribution in [2.45, 2.75) is 13.0 Å². The van der Waals surface area contributed by atoms with Gasteiger partial charge < -0.3 is 14.5 Å². The molecule has 0 aliphatic heterocycles. The van der Waals surface area contributed by atoms with E-state index in [9.17, 15) is 9.59 Å². The van der Waals surface area contributed by atoms with Crippen LogP contribution < -0.4 is 15.8 Å².